The molecule has 0 N–H and O–H groups in total. The number of Topliss-reactive ketones (excluding diaryl/α,β-unsaturated/α-hetero) is 1. The minimum atomic E-state index is -0.126. The van der Waals surface area contributed by atoms with Crippen LogP contribution < -0.4 is 14.2 Å². The highest BCUT2D eigenvalue weighted by atomic mass is 79.9. The Hall–Kier alpha value is -2.35. The lowest BCUT2D eigenvalue weighted by atomic mass is 9.99. The molecule has 1 atom stereocenters. The van der Waals surface area contributed by atoms with Gasteiger partial charge in [-0.2, -0.15) is 0 Å². The Bertz CT molecular complexity index is 1070. The Morgan fingerprint density at radius 2 is 2.16 bits per heavy atom. The van der Waals surface area contributed by atoms with Crippen molar-refractivity contribution in [3.05, 3.63) is 56.8 Å². The van der Waals surface area contributed by atoms with Crippen LogP contribution in [0.15, 0.2) is 34.5 Å². The Morgan fingerprint density at radius 3 is 2.94 bits per heavy atom. The number of fused-ring (bicyclic) bond motifs is 2. The number of halogens is 1. The van der Waals surface area contributed by atoms with Crippen LogP contribution in [-0.2, 0) is 11.3 Å². The summed E-state index contributed by atoms with van der Waals surface area (Å²) < 4.78 is 24.2. The number of hydrogen-bond donors (Lipinski definition) is 0. The first-order chi connectivity index (χ1) is 15.0. The third-order valence-electron chi connectivity index (χ3n) is 5.97. The normalized spacial score (nSPS) is 21.6. The third-order valence-corrected chi connectivity index (χ3v) is 6.46. The van der Waals surface area contributed by atoms with E-state index in [0.717, 1.165) is 59.5 Å². The van der Waals surface area contributed by atoms with E-state index in [9.17, 15) is 4.79 Å². The molecule has 7 heteroatoms. The van der Waals surface area contributed by atoms with Crippen LogP contribution in [0, 0.1) is 6.92 Å². The van der Waals surface area contributed by atoms with Gasteiger partial charge in [0.05, 0.1) is 18.8 Å². The molecule has 1 saturated heterocycles. The van der Waals surface area contributed by atoms with E-state index in [1.54, 1.807) is 13.2 Å². The predicted octanol–water partition coefficient (Wildman–Crippen LogP) is 4.71. The second kappa shape index (κ2) is 8.30. The van der Waals surface area contributed by atoms with Crippen molar-refractivity contribution in [2.45, 2.75) is 32.4 Å². The van der Waals surface area contributed by atoms with Crippen LogP contribution in [0.5, 0.6) is 17.2 Å². The van der Waals surface area contributed by atoms with Crippen LogP contribution in [0.1, 0.15) is 39.9 Å². The molecule has 0 aromatic heterocycles. The van der Waals surface area contributed by atoms with Crippen molar-refractivity contribution in [2.75, 3.05) is 27.0 Å². The maximum absolute atomic E-state index is 13.2. The molecular weight excluding hydrogens is 462 g/mol. The predicted molar refractivity (Wildman–Crippen MR) is 120 cm³/mol. The van der Waals surface area contributed by atoms with Crippen molar-refractivity contribution in [1.82, 2.24) is 4.90 Å². The summed E-state index contributed by atoms with van der Waals surface area (Å²) in [6, 6.07) is 7.56. The molecule has 1 fully saturated rings. The van der Waals surface area contributed by atoms with Crippen LogP contribution in [0.4, 0.5) is 0 Å². The molecule has 2 aromatic carbocycles. The van der Waals surface area contributed by atoms with Crippen LogP contribution in [-0.4, -0.2) is 43.8 Å². The number of ether oxygens (including phenoxy) is 4. The Kier molecular flexibility index (Phi) is 5.50. The highest BCUT2D eigenvalue weighted by Gasteiger charge is 2.34. The lowest BCUT2D eigenvalue weighted by Crippen LogP contribution is -2.37. The fourth-order valence-electron chi connectivity index (χ4n) is 4.45. The number of methoxy groups -OCH3 is 1. The van der Waals surface area contributed by atoms with Gasteiger partial charge in [0, 0.05) is 40.9 Å². The summed E-state index contributed by atoms with van der Waals surface area (Å²) in [6.07, 6.45) is 4.20. The second-order valence-corrected chi connectivity index (χ2v) is 9.03. The van der Waals surface area contributed by atoms with Gasteiger partial charge in [0.15, 0.2) is 5.76 Å². The molecule has 0 bridgehead atoms. The Labute approximate surface area is 189 Å². The van der Waals surface area contributed by atoms with Gasteiger partial charge in [-0.1, -0.05) is 15.9 Å². The maximum Gasteiger partial charge on any atom is 0.231 e. The largest absolute Gasteiger partial charge is 0.496 e. The molecule has 162 valence electrons. The first kappa shape index (κ1) is 20.5. The number of benzene rings is 2. The number of rotatable bonds is 4. The molecule has 2 aromatic rings. The average molecular weight is 486 g/mol. The standard InChI is InChI=1S/C24H24BrNO5/c1-14-23-16(11-26(13-30-23)12-18-4-3-7-29-18)9-19-22(27)21(31-24(14)19)10-15-8-17(25)5-6-20(15)28-2/h5-6,8-10,18H,3-4,7,11-13H2,1-2H3/b21-10-. The summed E-state index contributed by atoms with van der Waals surface area (Å²) in [6.45, 7) is 4.87. The average Bonchev–Trinajstić information content (AvgIpc) is 3.37. The molecular formula is C24H24BrNO5. The minimum absolute atomic E-state index is 0.126. The van der Waals surface area contributed by atoms with Crippen LogP contribution in [0.2, 0.25) is 0 Å². The van der Waals surface area contributed by atoms with Gasteiger partial charge < -0.3 is 18.9 Å². The molecule has 6 nitrogen and oxygen atoms in total. The zero-order valence-electron chi connectivity index (χ0n) is 17.6. The molecule has 5 rings (SSSR count). The lowest BCUT2D eigenvalue weighted by molar-refractivity contribution is 0.0276. The van der Waals surface area contributed by atoms with E-state index < -0.39 is 0 Å². The first-order valence-electron chi connectivity index (χ1n) is 10.4. The number of carbonyl (C=O) groups excluding carboxylic acids is 1. The SMILES string of the molecule is COc1ccc(Br)cc1/C=C1\Oc2c(cc3c(c2C)OCN(CC2CCCO2)C3)C1=O. The zero-order valence-corrected chi connectivity index (χ0v) is 19.2. The molecule has 0 spiro atoms. The fourth-order valence-corrected chi connectivity index (χ4v) is 4.83. The van der Waals surface area contributed by atoms with Crippen molar-refractivity contribution in [1.29, 1.82) is 0 Å². The van der Waals surface area contributed by atoms with E-state index in [4.69, 9.17) is 18.9 Å². The van der Waals surface area contributed by atoms with Gasteiger partial charge in [0.1, 0.15) is 24.0 Å². The first-order valence-corrected chi connectivity index (χ1v) is 11.2. The highest BCUT2D eigenvalue weighted by molar-refractivity contribution is 9.10. The van der Waals surface area contributed by atoms with Gasteiger partial charge in [-0.15, -0.1) is 0 Å². The number of carbonyl (C=O) groups is 1. The number of nitrogens with zero attached hydrogens (tertiary/aromatic N) is 1. The van der Waals surface area contributed by atoms with Gasteiger partial charge in [-0.25, -0.2) is 0 Å². The van der Waals surface area contributed by atoms with Crippen molar-refractivity contribution in [3.8, 4) is 17.2 Å². The van der Waals surface area contributed by atoms with E-state index in [1.807, 2.05) is 31.2 Å². The summed E-state index contributed by atoms with van der Waals surface area (Å²) in [5.74, 6) is 2.23. The van der Waals surface area contributed by atoms with Crippen LogP contribution in [0.3, 0.4) is 0 Å². The van der Waals surface area contributed by atoms with Gasteiger partial charge in [0.25, 0.3) is 0 Å². The Morgan fingerprint density at radius 1 is 1.29 bits per heavy atom. The monoisotopic (exact) mass is 485 g/mol. The zero-order chi connectivity index (χ0) is 21.5. The number of ketones is 1. The summed E-state index contributed by atoms with van der Waals surface area (Å²) >= 11 is 3.47. The quantitative estimate of drug-likeness (QED) is 0.584. The van der Waals surface area contributed by atoms with Crippen LogP contribution >= 0.6 is 15.9 Å². The molecule has 3 heterocycles. The second-order valence-electron chi connectivity index (χ2n) is 8.11. The summed E-state index contributed by atoms with van der Waals surface area (Å²) in [4.78, 5) is 15.4. The van der Waals surface area contributed by atoms with E-state index >= 15 is 0 Å². The van der Waals surface area contributed by atoms with Crippen molar-refractivity contribution in [2.24, 2.45) is 0 Å². The van der Waals surface area contributed by atoms with E-state index in [0.29, 0.717) is 23.8 Å². The molecule has 0 radical (unpaired) electrons. The lowest BCUT2D eigenvalue weighted by Gasteiger charge is -2.31. The van der Waals surface area contributed by atoms with Gasteiger partial charge in [-0.05, 0) is 50.1 Å². The molecule has 0 saturated carbocycles. The molecule has 3 aliphatic heterocycles. The molecule has 0 aliphatic carbocycles. The van der Waals surface area contributed by atoms with Crippen molar-refractivity contribution < 1.29 is 23.7 Å². The van der Waals surface area contributed by atoms with Crippen molar-refractivity contribution in [3.63, 3.8) is 0 Å². The van der Waals surface area contributed by atoms with Crippen molar-refractivity contribution >= 4 is 27.8 Å². The number of hydrogen-bond acceptors (Lipinski definition) is 6. The fraction of sp³-hybridized carbons (Fsp3) is 0.375. The minimum Gasteiger partial charge on any atom is -0.496 e. The van der Waals surface area contributed by atoms with Gasteiger partial charge in [-0.3, -0.25) is 9.69 Å². The topological polar surface area (TPSA) is 57.2 Å². The summed E-state index contributed by atoms with van der Waals surface area (Å²) in [7, 11) is 1.61. The van der Waals surface area contributed by atoms with Crippen LogP contribution in [0.25, 0.3) is 6.08 Å². The van der Waals surface area contributed by atoms with Gasteiger partial charge in [0.2, 0.25) is 5.78 Å². The molecule has 3 aliphatic rings. The van der Waals surface area contributed by atoms with E-state index in [2.05, 4.69) is 20.8 Å². The number of allylic oxidation sites excluding steroid dienone is 1. The summed E-state index contributed by atoms with van der Waals surface area (Å²) in [5, 5.41) is 0. The highest BCUT2D eigenvalue weighted by Crippen LogP contribution is 2.43. The third kappa shape index (κ3) is 3.86. The smallest absolute Gasteiger partial charge is 0.231 e. The maximum atomic E-state index is 13.2. The summed E-state index contributed by atoms with van der Waals surface area (Å²) in [5.41, 5.74) is 3.23. The van der Waals surface area contributed by atoms with Gasteiger partial charge >= 0.3 is 0 Å². The Balaban J connectivity index is 1.44. The molecule has 0 amide bonds. The van der Waals surface area contributed by atoms with E-state index in [1.165, 1.54) is 0 Å². The van der Waals surface area contributed by atoms with E-state index in [-0.39, 0.29) is 17.6 Å². The molecule has 1 unspecified atom stereocenters. The molecule has 31 heavy (non-hydrogen) atoms.